The fraction of sp³-hybridized carbons (Fsp3) is 0.636. The van der Waals surface area contributed by atoms with E-state index in [1.54, 1.807) is 6.92 Å². The second-order valence-electron chi connectivity index (χ2n) is 5.03. The molecule has 5 atom stereocenters. The van der Waals surface area contributed by atoms with Crippen molar-refractivity contribution in [3.8, 4) is 0 Å². The molecule has 2 aliphatic heterocycles. The lowest BCUT2D eigenvalue weighted by Gasteiger charge is -2.32. The topological polar surface area (TPSA) is 112 Å². The zero-order chi connectivity index (χ0) is 16.1. The van der Waals surface area contributed by atoms with Crippen molar-refractivity contribution < 1.29 is 23.4 Å². The molecule has 0 aliphatic carbocycles. The Bertz CT molecular complexity index is 747. The molecule has 3 heterocycles. The number of nitrogens with one attached hydrogen (secondary N) is 1. The first-order valence-electron chi connectivity index (χ1n) is 6.49. The summed E-state index contributed by atoms with van der Waals surface area (Å²) in [7, 11) is 1.37. The van der Waals surface area contributed by atoms with E-state index in [4.69, 9.17) is 30.1 Å². The molecule has 0 saturated carbocycles. The number of ether oxygens (including phenoxy) is 1. The maximum Gasteiger partial charge on any atom is 0.330 e. The summed E-state index contributed by atoms with van der Waals surface area (Å²) in [5, 5.41) is 10.4. The molecule has 0 spiro atoms. The lowest BCUT2D eigenvalue weighted by atomic mass is 10.1. The van der Waals surface area contributed by atoms with E-state index in [2.05, 4.69) is 4.98 Å². The van der Waals surface area contributed by atoms with E-state index < -0.39 is 42.5 Å². The molecule has 2 aliphatic rings. The van der Waals surface area contributed by atoms with Crippen LogP contribution >= 0.6 is 6.72 Å². The highest BCUT2D eigenvalue weighted by Gasteiger charge is 2.51. The number of aromatic nitrogens is 2. The third-order valence-electron chi connectivity index (χ3n) is 3.60. The molecule has 0 radical (unpaired) electrons. The second-order valence-corrected chi connectivity index (χ2v) is 8.10. The van der Waals surface area contributed by atoms with Crippen molar-refractivity contribution in [1.82, 2.24) is 9.55 Å². The highest BCUT2D eigenvalue weighted by Crippen LogP contribution is 2.56. The first-order chi connectivity index (χ1) is 10.3. The molecule has 3 rings (SSSR count). The lowest BCUT2D eigenvalue weighted by molar-refractivity contribution is -0.0633. The van der Waals surface area contributed by atoms with Crippen molar-refractivity contribution in [3.63, 3.8) is 0 Å². The van der Waals surface area contributed by atoms with E-state index in [-0.39, 0.29) is 6.61 Å². The molecule has 11 heteroatoms. The van der Waals surface area contributed by atoms with Crippen LogP contribution in [0.1, 0.15) is 11.8 Å². The summed E-state index contributed by atoms with van der Waals surface area (Å²) in [5.41, 5.74) is -0.838. The van der Waals surface area contributed by atoms with E-state index in [0.717, 1.165) is 4.57 Å². The Morgan fingerprint density at radius 3 is 2.95 bits per heavy atom. The molecule has 0 aromatic carbocycles. The first kappa shape index (κ1) is 16.0. The van der Waals surface area contributed by atoms with Gasteiger partial charge in [-0.05, 0) is 18.7 Å². The van der Waals surface area contributed by atoms with Gasteiger partial charge in [-0.15, -0.1) is 0 Å². The van der Waals surface area contributed by atoms with Gasteiger partial charge in [-0.1, -0.05) is 0 Å². The van der Waals surface area contributed by atoms with Crippen LogP contribution in [0.4, 0.5) is 0 Å². The number of aliphatic hydroxyl groups excluding tert-OH is 1. The van der Waals surface area contributed by atoms with E-state index >= 15 is 0 Å². The lowest BCUT2D eigenvalue weighted by Crippen LogP contribution is -2.41. The van der Waals surface area contributed by atoms with Crippen LogP contribution in [0.3, 0.4) is 0 Å². The standard InChI is InChI=1S/C11H15N2O7PS/c1-5-3-13(11(16)12-9(5)15)10-7(14)8-6(19-10)4-18-21(22,17-2)20-8/h3,6-8,10,14H,4H2,1-2H3,(H,12,15,16)/t6-,7?,8?,10-,21?/m1/s1. The van der Waals surface area contributed by atoms with Crippen molar-refractivity contribution in [2.75, 3.05) is 13.7 Å². The van der Waals surface area contributed by atoms with Crippen molar-refractivity contribution in [2.24, 2.45) is 0 Å². The van der Waals surface area contributed by atoms with Gasteiger partial charge in [0, 0.05) is 18.9 Å². The van der Waals surface area contributed by atoms with Crippen molar-refractivity contribution >= 4 is 18.5 Å². The van der Waals surface area contributed by atoms with Crippen molar-refractivity contribution in [2.45, 2.75) is 31.5 Å². The number of H-pyrrole nitrogens is 1. The molecule has 3 unspecified atom stereocenters. The van der Waals surface area contributed by atoms with E-state index in [1.807, 2.05) is 0 Å². The number of nitrogens with zero attached hydrogens (tertiary/aromatic N) is 1. The number of rotatable bonds is 2. The minimum atomic E-state index is -2.90. The first-order valence-corrected chi connectivity index (χ1v) is 9.04. The maximum absolute atomic E-state index is 11.9. The van der Waals surface area contributed by atoms with Gasteiger partial charge >= 0.3 is 12.4 Å². The molecule has 22 heavy (non-hydrogen) atoms. The molecule has 122 valence electrons. The van der Waals surface area contributed by atoms with Crippen molar-refractivity contribution in [1.29, 1.82) is 0 Å². The number of aliphatic hydroxyl groups is 1. The number of aromatic amines is 1. The minimum Gasteiger partial charge on any atom is -0.386 e. The van der Waals surface area contributed by atoms with Gasteiger partial charge in [0.15, 0.2) is 6.23 Å². The zero-order valence-electron chi connectivity index (χ0n) is 11.8. The van der Waals surface area contributed by atoms with Crippen LogP contribution in [0.2, 0.25) is 0 Å². The van der Waals surface area contributed by atoms with Gasteiger partial charge in [0.05, 0.1) is 6.61 Å². The van der Waals surface area contributed by atoms with Gasteiger partial charge in [-0.3, -0.25) is 18.9 Å². The molecule has 0 bridgehead atoms. The Morgan fingerprint density at radius 2 is 2.27 bits per heavy atom. The van der Waals surface area contributed by atoms with Gasteiger partial charge in [-0.2, -0.15) is 0 Å². The smallest absolute Gasteiger partial charge is 0.330 e. The van der Waals surface area contributed by atoms with Gasteiger partial charge in [0.2, 0.25) is 0 Å². The predicted octanol–water partition coefficient (Wildman–Crippen LogP) is -0.610. The largest absolute Gasteiger partial charge is 0.386 e. The number of hydrogen-bond donors (Lipinski definition) is 2. The summed E-state index contributed by atoms with van der Waals surface area (Å²) >= 11 is 5.11. The molecule has 1 aromatic heterocycles. The predicted molar refractivity (Wildman–Crippen MR) is 78.1 cm³/mol. The molecule has 2 N–H and O–H groups in total. The Kier molecular flexibility index (Phi) is 4.11. The Morgan fingerprint density at radius 1 is 1.55 bits per heavy atom. The van der Waals surface area contributed by atoms with Gasteiger partial charge in [0.25, 0.3) is 5.56 Å². The Hall–Kier alpha value is -0.870. The monoisotopic (exact) mass is 350 g/mol. The van der Waals surface area contributed by atoms with Crippen LogP contribution in [0.25, 0.3) is 0 Å². The summed E-state index contributed by atoms with van der Waals surface area (Å²) in [6, 6.07) is 0. The maximum atomic E-state index is 11.9. The summed E-state index contributed by atoms with van der Waals surface area (Å²) in [6.45, 7) is -1.25. The average molecular weight is 350 g/mol. The highest BCUT2D eigenvalue weighted by atomic mass is 32.5. The SMILES string of the molecule is COP1(=S)OC[C@H]2O[C@@H](n3cc(C)c(=O)[nH]c3=O)C(O)C2O1. The molecule has 2 fully saturated rings. The second kappa shape index (κ2) is 5.64. The summed E-state index contributed by atoms with van der Waals surface area (Å²) in [4.78, 5) is 25.5. The van der Waals surface area contributed by atoms with Crippen LogP contribution in [0.5, 0.6) is 0 Å². The summed E-state index contributed by atoms with van der Waals surface area (Å²) in [5.74, 6) is 0. The average Bonchev–Trinajstić information content (AvgIpc) is 2.80. The van der Waals surface area contributed by atoms with Gasteiger partial charge in [-0.25, -0.2) is 4.79 Å². The summed E-state index contributed by atoms with van der Waals surface area (Å²) < 4.78 is 22.7. The fourth-order valence-electron chi connectivity index (χ4n) is 2.43. The van der Waals surface area contributed by atoms with Crippen LogP contribution in [0.15, 0.2) is 15.8 Å². The van der Waals surface area contributed by atoms with Crippen LogP contribution in [-0.2, 0) is 30.1 Å². The fourth-order valence-corrected chi connectivity index (χ4v) is 4.05. The third kappa shape index (κ3) is 2.61. The number of aryl methyl sites for hydroxylation is 1. The Balaban J connectivity index is 1.93. The molecular formula is C11H15N2O7PS. The molecule has 0 amide bonds. The number of fused-ring (bicyclic) bond motifs is 1. The molecule has 1 aromatic rings. The molecular weight excluding hydrogens is 335 g/mol. The van der Waals surface area contributed by atoms with Crippen LogP contribution < -0.4 is 11.2 Å². The van der Waals surface area contributed by atoms with Crippen LogP contribution in [0, 0.1) is 6.92 Å². The molecule has 9 nitrogen and oxygen atoms in total. The quantitative estimate of drug-likeness (QED) is 0.680. The normalized spacial score (nSPS) is 38.0. The third-order valence-corrected chi connectivity index (χ3v) is 6.04. The van der Waals surface area contributed by atoms with E-state index in [0.29, 0.717) is 5.56 Å². The zero-order valence-corrected chi connectivity index (χ0v) is 13.5. The minimum absolute atomic E-state index is 0.0976. The molecule has 2 saturated heterocycles. The van der Waals surface area contributed by atoms with Gasteiger partial charge < -0.3 is 18.9 Å². The highest BCUT2D eigenvalue weighted by molar-refractivity contribution is 8.07. The van der Waals surface area contributed by atoms with E-state index in [9.17, 15) is 14.7 Å². The van der Waals surface area contributed by atoms with Gasteiger partial charge in [0.1, 0.15) is 18.3 Å². The summed E-state index contributed by atoms with van der Waals surface area (Å²) in [6.07, 6.45) is -2.15. The van der Waals surface area contributed by atoms with E-state index in [1.165, 1.54) is 13.3 Å². The van der Waals surface area contributed by atoms with Crippen molar-refractivity contribution in [3.05, 3.63) is 32.6 Å². The number of hydrogen-bond acceptors (Lipinski definition) is 8. The van der Waals surface area contributed by atoms with Crippen LogP contribution in [-0.4, -0.2) is 46.7 Å². The Labute approximate surface area is 130 Å².